The van der Waals surface area contributed by atoms with Crippen molar-refractivity contribution in [2.24, 2.45) is 5.73 Å². The number of rotatable bonds is 5. The van der Waals surface area contributed by atoms with Gasteiger partial charge in [0, 0.05) is 12.0 Å². The van der Waals surface area contributed by atoms with E-state index in [2.05, 4.69) is 14.9 Å². The molecule has 1 atom stereocenters. The van der Waals surface area contributed by atoms with E-state index in [1.165, 1.54) is 7.11 Å². The molecular formula is C13H15N3O3. The third-order valence-electron chi connectivity index (χ3n) is 2.67. The van der Waals surface area contributed by atoms with Gasteiger partial charge in [-0.25, -0.2) is 0 Å². The molecule has 2 rings (SSSR count). The predicted molar refractivity (Wildman–Crippen MR) is 68.0 cm³/mol. The minimum absolute atomic E-state index is 0.406. The van der Waals surface area contributed by atoms with Crippen LogP contribution in [0.3, 0.4) is 0 Å². The van der Waals surface area contributed by atoms with Crippen LogP contribution in [0.5, 0.6) is 0 Å². The lowest BCUT2D eigenvalue weighted by molar-refractivity contribution is -0.142. The average molecular weight is 261 g/mol. The smallest absolute Gasteiger partial charge is 0.322 e. The summed E-state index contributed by atoms with van der Waals surface area (Å²) in [4.78, 5) is 15.4. The van der Waals surface area contributed by atoms with Crippen molar-refractivity contribution in [2.75, 3.05) is 7.11 Å². The SMILES string of the molecule is COC(=O)[C@H](N)CCc1nc(-c2ccccc2)no1. The summed E-state index contributed by atoms with van der Waals surface area (Å²) in [6.45, 7) is 0. The quantitative estimate of drug-likeness (QED) is 0.812. The maximum atomic E-state index is 11.1. The highest BCUT2D eigenvalue weighted by molar-refractivity contribution is 5.75. The normalized spacial score (nSPS) is 12.1. The van der Waals surface area contributed by atoms with Gasteiger partial charge in [-0.2, -0.15) is 4.98 Å². The van der Waals surface area contributed by atoms with Crippen LogP contribution in [-0.4, -0.2) is 29.3 Å². The third kappa shape index (κ3) is 3.38. The summed E-state index contributed by atoms with van der Waals surface area (Å²) >= 11 is 0. The van der Waals surface area contributed by atoms with E-state index in [0.717, 1.165) is 5.56 Å². The van der Waals surface area contributed by atoms with E-state index in [-0.39, 0.29) is 0 Å². The maximum absolute atomic E-state index is 11.1. The van der Waals surface area contributed by atoms with Crippen LogP contribution in [0.4, 0.5) is 0 Å². The van der Waals surface area contributed by atoms with Crippen molar-refractivity contribution in [3.63, 3.8) is 0 Å². The van der Waals surface area contributed by atoms with Gasteiger partial charge in [0.05, 0.1) is 7.11 Å². The molecule has 0 aliphatic carbocycles. The van der Waals surface area contributed by atoms with Gasteiger partial charge in [-0.3, -0.25) is 4.79 Å². The molecule has 1 aromatic carbocycles. The fourth-order valence-corrected chi connectivity index (χ4v) is 1.61. The number of hydrogen-bond acceptors (Lipinski definition) is 6. The van der Waals surface area contributed by atoms with Crippen molar-refractivity contribution < 1.29 is 14.1 Å². The highest BCUT2D eigenvalue weighted by Crippen LogP contribution is 2.15. The highest BCUT2D eigenvalue weighted by atomic mass is 16.5. The van der Waals surface area contributed by atoms with Crippen molar-refractivity contribution in [3.8, 4) is 11.4 Å². The standard InChI is InChI=1S/C13H15N3O3/c1-18-13(17)10(14)7-8-11-15-12(16-19-11)9-5-3-2-4-6-9/h2-6,10H,7-8,14H2,1H3/t10-/m1/s1. The summed E-state index contributed by atoms with van der Waals surface area (Å²) in [5.41, 5.74) is 6.51. The Hall–Kier alpha value is -2.21. The number of aromatic nitrogens is 2. The average Bonchev–Trinajstić information content (AvgIpc) is 2.93. The predicted octanol–water partition coefficient (Wildman–Crippen LogP) is 1.17. The number of esters is 1. The molecule has 0 saturated heterocycles. The number of benzene rings is 1. The molecule has 0 unspecified atom stereocenters. The molecule has 0 radical (unpaired) electrons. The summed E-state index contributed by atoms with van der Waals surface area (Å²) in [5, 5.41) is 3.89. The van der Waals surface area contributed by atoms with Gasteiger partial charge in [-0.05, 0) is 6.42 Å². The Morgan fingerprint density at radius 2 is 2.16 bits per heavy atom. The van der Waals surface area contributed by atoms with Gasteiger partial charge in [0.1, 0.15) is 6.04 Å². The molecule has 0 spiro atoms. The molecule has 0 fully saturated rings. The van der Waals surface area contributed by atoms with Crippen molar-refractivity contribution in [3.05, 3.63) is 36.2 Å². The molecule has 1 aromatic heterocycles. The van der Waals surface area contributed by atoms with E-state index >= 15 is 0 Å². The molecule has 0 bridgehead atoms. The zero-order chi connectivity index (χ0) is 13.7. The topological polar surface area (TPSA) is 91.2 Å². The first kappa shape index (κ1) is 13.2. The van der Waals surface area contributed by atoms with Crippen LogP contribution in [0, 0.1) is 0 Å². The Kier molecular flexibility index (Phi) is 4.25. The molecule has 0 amide bonds. The maximum Gasteiger partial charge on any atom is 0.322 e. The Bertz CT molecular complexity index is 539. The fraction of sp³-hybridized carbons (Fsp3) is 0.308. The molecule has 0 aliphatic heterocycles. The monoisotopic (exact) mass is 261 g/mol. The van der Waals surface area contributed by atoms with E-state index in [4.69, 9.17) is 10.3 Å². The molecule has 0 saturated carbocycles. The molecule has 19 heavy (non-hydrogen) atoms. The van der Waals surface area contributed by atoms with Crippen LogP contribution in [0.15, 0.2) is 34.9 Å². The second kappa shape index (κ2) is 6.10. The van der Waals surface area contributed by atoms with E-state index in [9.17, 15) is 4.79 Å². The molecule has 6 nitrogen and oxygen atoms in total. The van der Waals surface area contributed by atoms with Gasteiger partial charge in [-0.15, -0.1) is 0 Å². The summed E-state index contributed by atoms with van der Waals surface area (Å²) < 4.78 is 9.66. The Morgan fingerprint density at radius 1 is 1.42 bits per heavy atom. The van der Waals surface area contributed by atoms with E-state index in [1.807, 2.05) is 30.3 Å². The fourth-order valence-electron chi connectivity index (χ4n) is 1.61. The first-order chi connectivity index (χ1) is 9.20. The molecule has 0 aliphatic rings. The van der Waals surface area contributed by atoms with Crippen LogP contribution < -0.4 is 5.73 Å². The zero-order valence-corrected chi connectivity index (χ0v) is 10.6. The van der Waals surface area contributed by atoms with Gasteiger partial charge >= 0.3 is 5.97 Å². The zero-order valence-electron chi connectivity index (χ0n) is 10.6. The molecule has 2 N–H and O–H groups in total. The lowest BCUT2D eigenvalue weighted by Gasteiger charge is -2.06. The number of hydrogen-bond donors (Lipinski definition) is 1. The highest BCUT2D eigenvalue weighted by Gasteiger charge is 2.16. The second-order valence-electron chi connectivity index (χ2n) is 4.05. The van der Waals surface area contributed by atoms with Crippen molar-refractivity contribution >= 4 is 5.97 Å². The van der Waals surface area contributed by atoms with Gasteiger partial charge in [-0.1, -0.05) is 35.5 Å². The van der Waals surface area contributed by atoms with Gasteiger partial charge in [0.2, 0.25) is 11.7 Å². The number of carbonyl (C=O) groups is 1. The molecule has 1 heterocycles. The first-order valence-electron chi connectivity index (χ1n) is 5.92. The van der Waals surface area contributed by atoms with Crippen molar-refractivity contribution in [1.82, 2.24) is 10.1 Å². The van der Waals surface area contributed by atoms with Crippen LogP contribution in [-0.2, 0) is 16.0 Å². The minimum atomic E-state index is -0.669. The molecule has 100 valence electrons. The number of methoxy groups -OCH3 is 1. The van der Waals surface area contributed by atoms with Gasteiger partial charge in [0.15, 0.2) is 0 Å². The lowest BCUT2D eigenvalue weighted by atomic mass is 10.1. The van der Waals surface area contributed by atoms with Crippen LogP contribution in [0.25, 0.3) is 11.4 Å². The Balaban J connectivity index is 1.97. The summed E-state index contributed by atoms with van der Waals surface area (Å²) in [6.07, 6.45) is 0.846. The summed E-state index contributed by atoms with van der Waals surface area (Å²) in [5.74, 6) is 0.545. The number of nitrogens with zero attached hydrogens (tertiary/aromatic N) is 2. The molecular weight excluding hydrogens is 246 g/mol. The van der Waals surface area contributed by atoms with Crippen molar-refractivity contribution in [2.45, 2.75) is 18.9 Å². The number of aryl methyl sites for hydroxylation is 1. The van der Waals surface area contributed by atoms with Crippen LogP contribution in [0.2, 0.25) is 0 Å². The van der Waals surface area contributed by atoms with Crippen LogP contribution >= 0.6 is 0 Å². The molecule has 2 aromatic rings. The van der Waals surface area contributed by atoms with E-state index < -0.39 is 12.0 Å². The first-order valence-corrected chi connectivity index (χ1v) is 5.92. The second-order valence-corrected chi connectivity index (χ2v) is 4.05. The van der Waals surface area contributed by atoms with E-state index in [0.29, 0.717) is 24.6 Å². The number of ether oxygens (including phenoxy) is 1. The molecule has 6 heteroatoms. The Labute approximate surface area is 110 Å². The minimum Gasteiger partial charge on any atom is -0.468 e. The summed E-state index contributed by atoms with van der Waals surface area (Å²) in [6, 6.07) is 8.85. The largest absolute Gasteiger partial charge is 0.468 e. The van der Waals surface area contributed by atoms with Crippen LogP contribution in [0.1, 0.15) is 12.3 Å². The number of nitrogens with two attached hydrogens (primary N) is 1. The Morgan fingerprint density at radius 3 is 2.84 bits per heavy atom. The third-order valence-corrected chi connectivity index (χ3v) is 2.67. The lowest BCUT2D eigenvalue weighted by Crippen LogP contribution is -2.31. The number of carbonyl (C=O) groups excluding carboxylic acids is 1. The van der Waals surface area contributed by atoms with Gasteiger partial charge < -0.3 is 15.0 Å². The van der Waals surface area contributed by atoms with Gasteiger partial charge in [0.25, 0.3) is 0 Å². The van der Waals surface area contributed by atoms with Crippen molar-refractivity contribution in [1.29, 1.82) is 0 Å². The van der Waals surface area contributed by atoms with E-state index in [1.54, 1.807) is 0 Å². The summed E-state index contributed by atoms with van der Waals surface area (Å²) in [7, 11) is 1.31.